The van der Waals surface area contributed by atoms with E-state index in [1.54, 1.807) is 24.8 Å². The molecule has 0 aliphatic heterocycles. The van der Waals surface area contributed by atoms with Crippen LogP contribution in [0.3, 0.4) is 0 Å². The SMILES string of the molecule is COc1cc(OC)cc(-c2nc3nc(C)c(CCC(=O)NC(C)c4ccccc4)c(C)n3n2)c1. The molecule has 1 atom stereocenters. The minimum Gasteiger partial charge on any atom is -0.497 e. The molecule has 2 aromatic heterocycles. The van der Waals surface area contributed by atoms with Crippen LogP contribution in [-0.2, 0) is 11.2 Å². The maximum atomic E-state index is 12.6. The van der Waals surface area contributed by atoms with Crippen molar-refractivity contribution in [2.75, 3.05) is 14.2 Å². The van der Waals surface area contributed by atoms with Gasteiger partial charge in [-0.05, 0) is 50.5 Å². The van der Waals surface area contributed by atoms with Crippen molar-refractivity contribution in [3.8, 4) is 22.9 Å². The molecule has 1 amide bonds. The second-order valence-corrected chi connectivity index (χ2v) is 8.21. The number of nitrogens with one attached hydrogen (secondary N) is 1. The Kier molecular flexibility index (Phi) is 6.77. The van der Waals surface area contributed by atoms with Crippen LogP contribution in [-0.4, -0.2) is 39.7 Å². The lowest BCUT2D eigenvalue weighted by atomic mass is 10.1. The van der Waals surface area contributed by atoms with Crippen LogP contribution in [0.4, 0.5) is 0 Å². The molecule has 0 fully saturated rings. The van der Waals surface area contributed by atoms with Gasteiger partial charge in [-0.1, -0.05) is 30.3 Å². The highest BCUT2D eigenvalue weighted by Gasteiger charge is 2.17. The Balaban J connectivity index is 1.55. The van der Waals surface area contributed by atoms with Crippen molar-refractivity contribution in [1.29, 1.82) is 0 Å². The van der Waals surface area contributed by atoms with Crippen molar-refractivity contribution in [2.24, 2.45) is 0 Å². The maximum Gasteiger partial charge on any atom is 0.253 e. The van der Waals surface area contributed by atoms with Gasteiger partial charge in [-0.3, -0.25) is 4.79 Å². The van der Waals surface area contributed by atoms with E-state index in [9.17, 15) is 4.79 Å². The molecule has 8 heteroatoms. The average molecular weight is 460 g/mol. The summed E-state index contributed by atoms with van der Waals surface area (Å²) in [5, 5.41) is 7.75. The highest BCUT2D eigenvalue weighted by Crippen LogP contribution is 2.28. The molecule has 2 aromatic carbocycles. The van der Waals surface area contributed by atoms with Crippen LogP contribution in [0.5, 0.6) is 11.5 Å². The summed E-state index contributed by atoms with van der Waals surface area (Å²) in [6, 6.07) is 15.4. The first kappa shape index (κ1) is 23.2. The molecule has 8 nitrogen and oxygen atoms in total. The largest absolute Gasteiger partial charge is 0.497 e. The van der Waals surface area contributed by atoms with Gasteiger partial charge in [0.25, 0.3) is 5.78 Å². The summed E-state index contributed by atoms with van der Waals surface area (Å²) in [6.07, 6.45) is 0.927. The molecule has 0 saturated carbocycles. The number of rotatable bonds is 8. The molecule has 0 spiro atoms. The predicted molar refractivity (Wildman–Crippen MR) is 130 cm³/mol. The second-order valence-electron chi connectivity index (χ2n) is 8.21. The normalized spacial score (nSPS) is 11.9. The summed E-state index contributed by atoms with van der Waals surface area (Å²) in [5.74, 6) is 2.35. The number of nitrogens with zero attached hydrogens (tertiary/aromatic N) is 4. The lowest BCUT2D eigenvalue weighted by Gasteiger charge is -2.15. The van der Waals surface area contributed by atoms with Gasteiger partial charge in [0.2, 0.25) is 5.91 Å². The van der Waals surface area contributed by atoms with Gasteiger partial charge in [0.1, 0.15) is 11.5 Å². The molecule has 4 aromatic rings. The molecule has 0 bridgehead atoms. The predicted octanol–water partition coefficient (Wildman–Crippen LogP) is 4.24. The first-order valence-corrected chi connectivity index (χ1v) is 11.2. The van der Waals surface area contributed by atoms with Gasteiger partial charge in [0.05, 0.1) is 20.3 Å². The van der Waals surface area contributed by atoms with Crippen molar-refractivity contribution in [3.05, 3.63) is 71.0 Å². The summed E-state index contributed by atoms with van der Waals surface area (Å²) < 4.78 is 12.5. The number of fused-ring (bicyclic) bond motifs is 1. The summed E-state index contributed by atoms with van der Waals surface area (Å²) in [4.78, 5) is 21.9. The van der Waals surface area contributed by atoms with E-state index in [4.69, 9.17) is 9.47 Å². The zero-order valence-electron chi connectivity index (χ0n) is 20.1. The van der Waals surface area contributed by atoms with Crippen molar-refractivity contribution < 1.29 is 14.3 Å². The van der Waals surface area contributed by atoms with E-state index in [0.29, 0.717) is 35.9 Å². The van der Waals surface area contributed by atoms with Crippen molar-refractivity contribution >= 4 is 11.7 Å². The molecular formula is C26H29N5O3. The Labute approximate surface area is 199 Å². The minimum atomic E-state index is -0.0470. The number of ether oxygens (including phenoxy) is 2. The Bertz CT molecular complexity index is 1300. The number of amides is 1. The Morgan fingerprint density at radius 2 is 1.71 bits per heavy atom. The molecule has 0 saturated heterocycles. The van der Waals surface area contributed by atoms with Crippen molar-refractivity contribution in [3.63, 3.8) is 0 Å². The molecule has 0 aliphatic rings. The number of hydrogen-bond donors (Lipinski definition) is 1. The van der Waals surface area contributed by atoms with Crippen LogP contribution in [0.15, 0.2) is 48.5 Å². The Morgan fingerprint density at radius 1 is 1.03 bits per heavy atom. The fourth-order valence-electron chi connectivity index (χ4n) is 4.01. The number of aromatic nitrogens is 4. The summed E-state index contributed by atoms with van der Waals surface area (Å²) in [5.41, 5.74) is 4.61. The van der Waals surface area contributed by atoms with Gasteiger partial charge in [0, 0.05) is 29.4 Å². The fraction of sp³-hybridized carbons (Fsp3) is 0.308. The van der Waals surface area contributed by atoms with E-state index in [-0.39, 0.29) is 11.9 Å². The van der Waals surface area contributed by atoms with Gasteiger partial charge < -0.3 is 14.8 Å². The number of hydrogen-bond acceptors (Lipinski definition) is 6. The molecule has 1 unspecified atom stereocenters. The van der Waals surface area contributed by atoms with Crippen LogP contribution < -0.4 is 14.8 Å². The highest BCUT2D eigenvalue weighted by atomic mass is 16.5. The third kappa shape index (κ3) is 4.85. The van der Waals surface area contributed by atoms with E-state index in [2.05, 4.69) is 20.4 Å². The fourth-order valence-corrected chi connectivity index (χ4v) is 4.01. The van der Waals surface area contributed by atoms with E-state index < -0.39 is 0 Å². The molecule has 4 rings (SSSR count). The molecule has 0 radical (unpaired) electrons. The summed E-state index contributed by atoms with van der Waals surface area (Å²) in [6.45, 7) is 5.91. The maximum absolute atomic E-state index is 12.6. The van der Waals surface area contributed by atoms with Crippen LogP contribution in [0.2, 0.25) is 0 Å². The highest BCUT2D eigenvalue weighted by molar-refractivity contribution is 5.76. The average Bonchev–Trinajstić information content (AvgIpc) is 3.28. The monoisotopic (exact) mass is 459 g/mol. The summed E-state index contributed by atoms with van der Waals surface area (Å²) in [7, 11) is 3.21. The third-order valence-corrected chi connectivity index (χ3v) is 5.94. The summed E-state index contributed by atoms with van der Waals surface area (Å²) >= 11 is 0. The Hall–Kier alpha value is -3.94. The van der Waals surface area contributed by atoms with Crippen LogP contribution in [0.25, 0.3) is 17.2 Å². The lowest BCUT2D eigenvalue weighted by molar-refractivity contribution is -0.121. The van der Waals surface area contributed by atoms with E-state index in [1.165, 1.54) is 0 Å². The molecule has 2 heterocycles. The molecule has 0 aliphatic carbocycles. The minimum absolute atomic E-state index is 0.00185. The van der Waals surface area contributed by atoms with E-state index in [1.807, 2.05) is 63.2 Å². The van der Waals surface area contributed by atoms with Gasteiger partial charge in [-0.25, -0.2) is 9.50 Å². The van der Waals surface area contributed by atoms with Crippen LogP contribution in [0.1, 0.15) is 41.9 Å². The van der Waals surface area contributed by atoms with Crippen LogP contribution in [0, 0.1) is 13.8 Å². The number of aryl methyl sites for hydroxylation is 2. The van der Waals surface area contributed by atoms with Gasteiger partial charge in [0.15, 0.2) is 5.82 Å². The van der Waals surface area contributed by atoms with E-state index >= 15 is 0 Å². The zero-order valence-corrected chi connectivity index (χ0v) is 20.1. The zero-order chi connectivity index (χ0) is 24.2. The number of benzene rings is 2. The Morgan fingerprint density at radius 3 is 2.35 bits per heavy atom. The quantitative estimate of drug-likeness (QED) is 0.424. The van der Waals surface area contributed by atoms with Gasteiger partial charge >= 0.3 is 0 Å². The molecule has 176 valence electrons. The smallest absolute Gasteiger partial charge is 0.253 e. The molecular weight excluding hydrogens is 430 g/mol. The standard InChI is InChI=1S/C26H29N5O3/c1-16(19-9-7-6-8-10-19)27-24(32)12-11-23-17(2)28-26-29-25(30-31(26)18(23)3)20-13-21(33-4)15-22(14-20)34-5/h6-10,13-16H,11-12H2,1-5H3,(H,27,32). The third-order valence-electron chi connectivity index (χ3n) is 5.94. The lowest BCUT2D eigenvalue weighted by Crippen LogP contribution is -2.27. The first-order valence-electron chi connectivity index (χ1n) is 11.2. The molecule has 34 heavy (non-hydrogen) atoms. The topological polar surface area (TPSA) is 90.6 Å². The first-order chi connectivity index (χ1) is 16.4. The van der Waals surface area contributed by atoms with Crippen LogP contribution >= 0.6 is 0 Å². The van der Waals surface area contributed by atoms with E-state index in [0.717, 1.165) is 28.1 Å². The van der Waals surface area contributed by atoms with Gasteiger partial charge in [-0.2, -0.15) is 4.98 Å². The number of carbonyl (C=O) groups excluding carboxylic acids is 1. The van der Waals surface area contributed by atoms with Gasteiger partial charge in [-0.15, -0.1) is 5.10 Å². The second kappa shape index (κ2) is 9.91. The van der Waals surface area contributed by atoms with Crippen molar-refractivity contribution in [2.45, 2.75) is 39.7 Å². The number of carbonyl (C=O) groups is 1. The van der Waals surface area contributed by atoms with Crippen molar-refractivity contribution in [1.82, 2.24) is 24.9 Å². The number of methoxy groups -OCH3 is 2. The molecule has 1 N–H and O–H groups in total.